The number of hydrogen-bond acceptors (Lipinski definition) is 6. The number of thiocarbonyl (C=S) groups is 2. The summed E-state index contributed by atoms with van der Waals surface area (Å²) in [5.74, 6) is 0. The van der Waals surface area contributed by atoms with Gasteiger partial charge in [-0.25, -0.2) is 9.59 Å². The van der Waals surface area contributed by atoms with Crippen LogP contribution >= 0.6 is 24.4 Å². The molecule has 2 amide bonds. The molecule has 38 heavy (non-hydrogen) atoms. The van der Waals surface area contributed by atoms with Crippen molar-refractivity contribution in [2.45, 2.75) is 92.3 Å². The smallest absolute Gasteiger partial charge is 0.410 e. The molecule has 0 aromatic rings. The average Bonchev–Trinajstić information content (AvgIpc) is 2.77. The molecule has 10 nitrogen and oxygen atoms in total. The van der Waals surface area contributed by atoms with Gasteiger partial charge >= 0.3 is 12.2 Å². The minimum atomic E-state index is -0.573. The van der Waals surface area contributed by atoms with Gasteiger partial charge in [0, 0.05) is 52.4 Å². The first-order chi connectivity index (χ1) is 17.7. The first kappa shape index (κ1) is 35.9. The maximum Gasteiger partial charge on any atom is 0.410 e. The molecule has 0 fully saturated rings. The standard InChI is InChI=1S/C26H52N6O4S2/c1-9-27-21(37)29-15-13-19-31(23(33)35-25(3,4)5)17-11-12-18-32(24(34)36-26(6,7)8)20-14-16-30-22(38)28-10-2/h9-20H2,1-8H3,(H2,27,29,37)(H2,28,30,38). The lowest BCUT2D eigenvalue weighted by Crippen LogP contribution is -2.41. The number of nitrogens with one attached hydrogen (secondary N) is 4. The van der Waals surface area contributed by atoms with Crippen LogP contribution in [0.2, 0.25) is 0 Å². The topological polar surface area (TPSA) is 107 Å². The molecule has 0 aromatic carbocycles. The molecule has 0 atom stereocenters. The molecule has 0 aromatic heterocycles. The molecule has 0 saturated heterocycles. The van der Waals surface area contributed by atoms with Crippen molar-refractivity contribution in [2.75, 3.05) is 52.4 Å². The van der Waals surface area contributed by atoms with E-state index >= 15 is 0 Å². The highest BCUT2D eigenvalue weighted by atomic mass is 32.1. The van der Waals surface area contributed by atoms with E-state index in [1.54, 1.807) is 9.80 Å². The monoisotopic (exact) mass is 576 g/mol. The number of unbranched alkanes of at least 4 members (excludes halogenated alkanes) is 1. The van der Waals surface area contributed by atoms with Crippen LogP contribution in [-0.4, -0.2) is 95.8 Å². The second-order valence-electron chi connectivity index (χ2n) is 10.9. The summed E-state index contributed by atoms with van der Waals surface area (Å²) >= 11 is 10.4. The molecule has 0 saturated carbocycles. The molecule has 0 radical (unpaired) electrons. The lowest BCUT2D eigenvalue weighted by atomic mass is 10.2. The highest BCUT2D eigenvalue weighted by Crippen LogP contribution is 2.13. The fraction of sp³-hybridized carbons (Fsp3) is 0.846. The van der Waals surface area contributed by atoms with Crippen molar-refractivity contribution in [2.24, 2.45) is 0 Å². The van der Waals surface area contributed by atoms with Crippen LogP contribution in [0.4, 0.5) is 9.59 Å². The van der Waals surface area contributed by atoms with Crippen LogP contribution in [0.15, 0.2) is 0 Å². The van der Waals surface area contributed by atoms with Gasteiger partial charge in [0.25, 0.3) is 0 Å². The van der Waals surface area contributed by atoms with Gasteiger partial charge < -0.3 is 40.5 Å². The van der Waals surface area contributed by atoms with Gasteiger partial charge in [-0.1, -0.05) is 0 Å². The normalized spacial score (nSPS) is 11.3. The zero-order valence-corrected chi connectivity index (χ0v) is 26.5. The second-order valence-corrected chi connectivity index (χ2v) is 11.7. The zero-order chi connectivity index (χ0) is 29.2. The molecule has 0 bridgehead atoms. The summed E-state index contributed by atoms with van der Waals surface area (Å²) in [6.07, 6.45) is 2.25. The van der Waals surface area contributed by atoms with Gasteiger partial charge in [-0.15, -0.1) is 0 Å². The molecule has 0 unspecified atom stereocenters. The van der Waals surface area contributed by atoms with E-state index in [4.69, 9.17) is 33.9 Å². The van der Waals surface area contributed by atoms with Crippen LogP contribution in [0, 0.1) is 0 Å². The molecule has 0 rings (SSSR count). The van der Waals surface area contributed by atoms with Gasteiger partial charge in [0.2, 0.25) is 0 Å². The van der Waals surface area contributed by atoms with E-state index in [2.05, 4.69) is 21.3 Å². The lowest BCUT2D eigenvalue weighted by molar-refractivity contribution is 0.0208. The zero-order valence-electron chi connectivity index (χ0n) is 24.8. The van der Waals surface area contributed by atoms with Gasteiger partial charge in [0.1, 0.15) is 11.2 Å². The number of carbonyl (C=O) groups excluding carboxylic acids is 2. The summed E-state index contributed by atoms with van der Waals surface area (Å²) in [5, 5.41) is 13.6. The van der Waals surface area contributed by atoms with Crippen molar-refractivity contribution in [3.05, 3.63) is 0 Å². The van der Waals surface area contributed by atoms with Crippen LogP contribution in [0.5, 0.6) is 0 Å². The molecule has 4 N–H and O–H groups in total. The predicted molar refractivity (Wildman–Crippen MR) is 163 cm³/mol. The molecular weight excluding hydrogens is 524 g/mol. The lowest BCUT2D eigenvalue weighted by Gasteiger charge is -2.29. The van der Waals surface area contributed by atoms with Crippen molar-refractivity contribution in [1.82, 2.24) is 31.1 Å². The van der Waals surface area contributed by atoms with E-state index in [-0.39, 0.29) is 12.2 Å². The van der Waals surface area contributed by atoms with E-state index < -0.39 is 11.2 Å². The van der Waals surface area contributed by atoms with E-state index in [1.807, 2.05) is 55.4 Å². The third-order valence-electron chi connectivity index (χ3n) is 4.86. The third-order valence-corrected chi connectivity index (χ3v) is 5.44. The maximum absolute atomic E-state index is 12.8. The third kappa shape index (κ3) is 20.0. The number of hydrogen-bond donors (Lipinski definition) is 4. The van der Waals surface area contributed by atoms with Crippen LogP contribution in [0.25, 0.3) is 0 Å². The Morgan fingerprint density at radius 3 is 1.21 bits per heavy atom. The van der Waals surface area contributed by atoms with Gasteiger partial charge in [0.15, 0.2) is 10.2 Å². The number of carbonyl (C=O) groups is 2. The van der Waals surface area contributed by atoms with Crippen LogP contribution in [0.3, 0.4) is 0 Å². The summed E-state index contributed by atoms with van der Waals surface area (Å²) in [4.78, 5) is 29.1. The molecule has 0 aliphatic heterocycles. The van der Waals surface area contributed by atoms with E-state index in [0.717, 1.165) is 38.8 Å². The van der Waals surface area contributed by atoms with Crippen LogP contribution in [0.1, 0.15) is 81.1 Å². The van der Waals surface area contributed by atoms with Crippen molar-refractivity contribution in [3.8, 4) is 0 Å². The Morgan fingerprint density at radius 2 is 0.921 bits per heavy atom. The largest absolute Gasteiger partial charge is 0.444 e. The molecular formula is C26H52N6O4S2. The molecule has 0 aliphatic carbocycles. The van der Waals surface area contributed by atoms with Crippen LogP contribution in [-0.2, 0) is 9.47 Å². The molecule has 0 heterocycles. The van der Waals surface area contributed by atoms with Crippen molar-refractivity contribution >= 4 is 46.8 Å². The van der Waals surface area contributed by atoms with Crippen molar-refractivity contribution in [3.63, 3.8) is 0 Å². The Kier molecular flexibility index (Phi) is 18.0. The van der Waals surface area contributed by atoms with Crippen LogP contribution < -0.4 is 21.3 Å². The highest BCUT2D eigenvalue weighted by molar-refractivity contribution is 7.80. The van der Waals surface area contributed by atoms with Crippen molar-refractivity contribution in [1.29, 1.82) is 0 Å². The quantitative estimate of drug-likeness (QED) is 0.169. The summed E-state index contributed by atoms with van der Waals surface area (Å²) < 4.78 is 11.2. The number of nitrogens with zero attached hydrogens (tertiary/aromatic N) is 2. The van der Waals surface area contributed by atoms with Gasteiger partial charge in [-0.3, -0.25) is 0 Å². The highest BCUT2D eigenvalue weighted by Gasteiger charge is 2.23. The number of ether oxygens (including phenoxy) is 2. The molecule has 222 valence electrons. The summed E-state index contributed by atoms with van der Waals surface area (Å²) in [5.41, 5.74) is -1.15. The van der Waals surface area contributed by atoms with Crippen molar-refractivity contribution < 1.29 is 19.1 Å². The van der Waals surface area contributed by atoms with E-state index in [9.17, 15) is 9.59 Å². The Hall–Kier alpha value is -2.08. The Labute approximate surface area is 241 Å². The predicted octanol–water partition coefficient (Wildman–Crippen LogP) is 3.99. The molecule has 0 aliphatic rings. The summed E-state index contributed by atoms with van der Waals surface area (Å²) in [7, 11) is 0. The minimum absolute atomic E-state index is 0.335. The van der Waals surface area contributed by atoms with E-state index in [1.165, 1.54) is 0 Å². The average molecular weight is 577 g/mol. The van der Waals surface area contributed by atoms with Gasteiger partial charge in [-0.05, 0) is 106 Å². The van der Waals surface area contributed by atoms with E-state index in [0.29, 0.717) is 49.5 Å². The SMILES string of the molecule is CCNC(=S)NCCCN(CCCCN(CCCNC(=S)NCC)C(=O)OC(C)(C)C)C(=O)OC(C)(C)C. The molecule has 12 heteroatoms. The Morgan fingerprint density at radius 1 is 0.605 bits per heavy atom. The minimum Gasteiger partial charge on any atom is -0.444 e. The number of rotatable bonds is 15. The summed E-state index contributed by atoms with van der Waals surface area (Å²) in [6.45, 7) is 20.1. The fourth-order valence-corrected chi connectivity index (χ4v) is 3.73. The molecule has 0 spiro atoms. The maximum atomic E-state index is 12.8. The van der Waals surface area contributed by atoms with Gasteiger partial charge in [0.05, 0.1) is 0 Å². The number of amides is 2. The summed E-state index contributed by atoms with van der Waals surface area (Å²) in [6, 6.07) is 0. The Bertz CT molecular complexity index is 666. The second kappa shape index (κ2) is 19.1. The van der Waals surface area contributed by atoms with Gasteiger partial charge in [-0.2, -0.15) is 0 Å². The first-order valence-corrected chi connectivity index (χ1v) is 14.5. The Balaban J connectivity index is 4.91. The fourth-order valence-electron chi connectivity index (χ4n) is 3.24. The first-order valence-electron chi connectivity index (χ1n) is 13.7.